The van der Waals surface area contributed by atoms with E-state index in [1.54, 1.807) is 6.08 Å². The lowest BCUT2D eigenvalue weighted by atomic mass is 10.1. The summed E-state index contributed by atoms with van der Waals surface area (Å²) in [6, 6.07) is 9.87. The van der Waals surface area contributed by atoms with E-state index in [4.69, 9.17) is 4.74 Å². The summed E-state index contributed by atoms with van der Waals surface area (Å²) < 4.78 is 5.16. The fourth-order valence-corrected chi connectivity index (χ4v) is 2.62. The Balaban J connectivity index is 2.49. The lowest BCUT2D eigenvalue weighted by Gasteiger charge is -2.07. The van der Waals surface area contributed by atoms with Crippen LogP contribution >= 0.6 is 0 Å². The van der Waals surface area contributed by atoms with Gasteiger partial charge in [0, 0.05) is 19.0 Å². The molecule has 0 aliphatic carbocycles. The number of hydrogen-bond donors (Lipinski definition) is 1. The zero-order chi connectivity index (χ0) is 20.5. The second-order valence-electron chi connectivity index (χ2n) is 6.89. The van der Waals surface area contributed by atoms with Crippen molar-refractivity contribution < 1.29 is 14.3 Å². The molecule has 0 unspecified atom stereocenters. The number of ether oxygens (including phenoxy) is 1. The first-order chi connectivity index (χ1) is 13.7. The van der Waals surface area contributed by atoms with Crippen LogP contribution < -0.4 is 5.32 Å². The third kappa shape index (κ3) is 12.1. The van der Waals surface area contributed by atoms with Crippen LogP contribution in [0, 0.1) is 0 Å². The van der Waals surface area contributed by atoms with E-state index in [0.29, 0.717) is 26.0 Å². The maximum atomic E-state index is 12.2. The summed E-state index contributed by atoms with van der Waals surface area (Å²) in [7, 11) is 0. The van der Waals surface area contributed by atoms with Crippen molar-refractivity contribution in [3.05, 3.63) is 59.7 Å². The van der Waals surface area contributed by atoms with Gasteiger partial charge in [-0.2, -0.15) is 0 Å². The highest BCUT2D eigenvalue weighted by atomic mass is 16.5. The first-order valence-corrected chi connectivity index (χ1v) is 10.5. The van der Waals surface area contributed by atoms with E-state index < -0.39 is 0 Å². The molecule has 0 saturated heterocycles. The Hall–Kier alpha value is -2.36. The van der Waals surface area contributed by atoms with Gasteiger partial charge in [0.1, 0.15) is 0 Å². The van der Waals surface area contributed by atoms with Crippen molar-refractivity contribution in [1.29, 1.82) is 0 Å². The monoisotopic (exact) mass is 385 g/mol. The minimum Gasteiger partial charge on any atom is -0.463 e. The lowest BCUT2D eigenvalue weighted by Crippen LogP contribution is -2.22. The van der Waals surface area contributed by atoms with E-state index in [2.05, 4.69) is 25.2 Å². The van der Waals surface area contributed by atoms with Crippen molar-refractivity contribution in [3.63, 3.8) is 0 Å². The molecule has 0 spiro atoms. The molecule has 28 heavy (non-hydrogen) atoms. The normalized spacial score (nSPS) is 11.6. The van der Waals surface area contributed by atoms with Gasteiger partial charge in [0.2, 0.25) is 5.91 Å². The average Bonchev–Trinajstić information content (AvgIpc) is 2.72. The molecular weight excluding hydrogens is 350 g/mol. The number of unbranched alkanes of at least 4 members (excludes halogenated alkanes) is 4. The molecule has 0 bridgehead atoms. The highest BCUT2D eigenvalue weighted by Gasteiger charge is 2.04. The number of allylic oxidation sites excluding steroid dienone is 3. The second kappa shape index (κ2) is 15.7. The van der Waals surface area contributed by atoms with Crippen molar-refractivity contribution in [2.24, 2.45) is 0 Å². The largest absolute Gasteiger partial charge is 0.463 e. The van der Waals surface area contributed by atoms with Crippen LogP contribution in [0.5, 0.6) is 0 Å². The summed E-state index contributed by atoms with van der Waals surface area (Å²) in [5, 5.41) is 2.95. The number of esters is 1. The highest BCUT2D eigenvalue weighted by molar-refractivity contribution is 5.82. The van der Waals surface area contributed by atoms with Crippen LogP contribution in [0.15, 0.2) is 54.1 Å². The number of nitrogens with one attached hydrogen (secondary N) is 1. The lowest BCUT2D eigenvalue weighted by molar-refractivity contribution is -0.137. The van der Waals surface area contributed by atoms with Gasteiger partial charge in [-0.1, -0.05) is 81.2 Å². The Morgan fingerprint density at radius 3 is 2.43 bits per heavy atom. The first kappa shape index (κ1) is 23.7. The van der Waals surface area contributed by atoms with Gasteiger partial charge in [0.25, 0.3) is 0 Å². The SMILES string of the molecule is CCCCC/C=C(/C=C/C(=O)OCCCC)CCC(=O)NCc1ccccc1. The molecule has 0 fully saturated rings. The zero-order valence-electron chi connectivity index (χ0n) is 17.4. The third-order valence-corrected chi connectivity index (χ3v) is 4.36. The van der Waals surface area contributed by atoms with Crippen molar-refractivity contribution >= 4 is 11.9 Å². The van der Waals surface area contributed by atoms with Crippen LogP contribution in [0.2, 0.25) is 0 Å². The molecule has 0 aliphatic heterocycles. The molecule has 1 amide bonds. The molecular formula is C24H35NO3. The molecule has 154 valence electrons. The molecule has 0 aliphatic rings. The van der Waals surface area contributed by atoms with Crippen molar-refractivity contribution in [1.82, 2.24) is 5.32 Å². The molecule has 4 heteroatoms. The van der Waals surface area contributed by atoms with E-state index in [-0.39, 0.29) is 11.9 Å². The Kier molecular flexibility index (Phi) is 13.3. The number of amides is 1. The molecule has 0 heterocycles. The van der Waals surface area contributed by atoms with E-state index in [1.807, 2.05) is 30.3 Å². The molecule has 4 nitrogen and oxygen atoms in total. The summed E-state index contributed by atoms with van der Waals surface area (Å²) >= 11 is 0. The molecule has 1 aromatic carbocycles. The van der Waals surface area contributed by atoms with E-state index in [0.717, 1.165) is 36.8 Å². The molecule has 0 atom stereocenters. The van der Waals surface area contributed by atoms with Gasteiger partial charge < -0.3 is 10.1 Å². The molecule has 1 aromatic rings. The Morgan fingerprint density at radius 1 is 0.964 bits per heavy atom. The number of hydrogen-bond acceptors (Lipinski definition) is 3. The Morgan fingerprint density at radius 2 is 1.71 bits per heavy atom. The average molecular weight is 386 g/mol. The van der Waals surface area contributed by atoms with Crippen LogP contribution in [0.1, 0.15) is 70.8 Å². The fourth-order valence-electron chi connectivity index (χ4n) is 2.62. The predicted octanol–water partition coefficient (Wildman–Crippen LogP) is 5.49. The minimum absolute atomic E-state index is 0.0160. The summed E-state index contributed by atoms with van der Waals surface area (Å²) in [6.07, 6.45) is 12.7. The minimum atomic E-state index is -0.318. The Labute approximate surface area is 170 Å². The topological polar surface area (TPSA) is 55.4 Å². The molecule has 1 rings (SSSR count). The van der Waals surface area contributed by atoms with Crippen LogP contribution in [0.25, 0.3) is 0 Å². The second-order valence-corrected chi connectivity index (χ2v) is 6.89. The smallest absolute Gasteiger partial charge is 0.330 e. The molecule has 0 radical (unpaired) electrons. The molecule has 1 N–H and O–H groups in total. The Bertz CT molecular complexity index is 620. The summed E-state index contributed by atoms with van der Waals surface area (Å²) in [4.78, 5) is 23.9. The van der Waals surface area contributed by atoms with Gasteiger partial charge in [-0.3, -0.25) is 4.79 Å². The molecule has 0 aromatic heterocycles. The van der Waals surface area contributed by atoms with Crippen molar-refractivity contribution in [2.75, 3.05) is 6.61 Å². The van der Waals surface area contributed by atoms with Crippen molar-refractivity contribution in [2.45, 2.75) is 71.8 Å². The van der Waals surface area contributed by atoms with Gasteiger partial charge in [-0.05, 0) is 31.2 Å². The summed E-state index contributed by atoms with van der Waals surface area (Å²) in [5.41, 5.74) is 2.10. The van der Waals surface area contributed by atoms with E-state index >= 15 is 0 Å². The molecule has 0 saturated carbocycles. The van der Waals surface area contributed by atoms with Crippen LogP contribution in [0.4, 0.5) is 0 Å². The van der Waals surface area contributed by atoms with Crippen molar-refractivity contribution in [3.8, 4) is 0 Å². The first-order valence-electron chi connectivity index (χ1n) is 10.5. The van der Waals surface area contributed by atoms with Gasteiger partial charge in [-0.25, -0.2) is 4.79 Å². The van der Waals surface area contributed by atoms with Crippen LogP contribution in [0.3, 0.4) is 0 Å². The van der Waals surface area contributed by atoms with E-state index in [1.165, 1.54) is 18.9 Å². The predicted molar refractivity (Wildman–Crippen MR) is 115 cm³/mol. The van der Waals surface area contributed by atoms with Crippen LogP contribution in [-0.4, -0.2) is 18.5 Å². The fraction of sp³-hybridized carbons (Fsp3) is 0.500. The number of carbonyl (C=O) groups is 2. The standard InChI is InChI=1S/C24H35NO3/c1-3-5-7-9-12-21(16-18-24(27)28-19-6-4-2)15-17-23(26)25-20-22-13-10-8-11-14-22/h8,10-14,16,18H,3-7,9,15,17,19-20H2,1-2H3,(H,25,26)/b18-16+,21-12+. The van der Waals surface area contributed by atoms with Crippen LogP contribution in [-0.2, 0) is 20.9 Å². The highest BCUT2D eigenvalue weighted by Crippen LogP contribution is 2.11. The number of benzene rings is 1. The van der Waals surface area contributed by atoms with Gasteiger partial charge in [0.15, 0.2) is 0 Å². The maximum Gasteiger partial charge on any atom is 0.330 e. The summed E-state index contributed by atoms with van der Waals surface area (Å²) in [6.45, 7) is 5.23. The van der Waals surface area contributed by atoms with Gasteiger partial charge >= 0.3 is 5.97 Å². The maximum absolute atomic E-state index is 12.2. The quantitative estimate of drug-likeness (QED) is 0.199. The van der Waals surface area contributed by atoms with Gasteiger partial charge in [0.05, 0.1) is 6.61 Å². The number of carbonyl (C=O) groups excluding carboxylic acids is 2. The van der Waals surface area contributed by atoms with E-state index in [9.17, 15) is 9.59 Å². The summed E-state index contributed by atoms with van der Waals surface area (Å²) in [5.74, 6) is -0.302. The number of rotatable bonds is 14. The third-order valence-electron chi connectivity index (χ3n) is 4.36. The van der Waals surface area contributed by atoms with Gasteiger partial charge in [-0.15, -0.1) is 0 Å². The zero-order valence-corrected chi connectivity index (χ0v) is 17.4.